The second kappa shape index (κ2) is 7.95. The van der Waals surface area contributed by atoms with Crippen LogP contribution in [0.2, 0.25) is 0 Å². The van der Waals surface area contributed by atoms with Crippen LogP contribution in [0.1, 0.15) is 45.4 Å². The maximum Gasteiger partial charge on any atom is 0.234 e. The van der Waals surface area contributed by atoms with Crippen LogP contribution in [0.3, 0.4) is 0 Å². The molecule has 5 nitrogen and oxygen atoms in total. The largest absolute Gasteiger partial charge is 0.473 e. The van der Waals surface area contributed by atoms with Crippen molar-refractivity contribution in [2.24, 2.45) is 5.92 Å². The molecular formula is C18H30N4O. The Bertz CT molecular complexity index is 490. The maximum atomic E-state index is 6.06. The Morgan fingerprint density at radius 3 is 2.83 bits per heavy atom. The first-order chi connectivity index (χ1) is 11.2. The molecule has 1 aromatic rings. The van der Waals surface area contributed by atoms with Crippen molar-refractivity contribution < 1.29 is 4.74 Å². The molecule has 1 aromatic heterocycles. The molecule has 0 aromatic carbocycles. The summed E-state index contributed by atoms with van der Waals surface area (Å²) in [6, 6.07) is 0. The van der Waals surface area contributed by atoms with Gasteiger partial charge in [-0.3, -0.25) is 4.98 Å². The van der Waals surface area contributed by atoms with E-state index < -0.39 is 0 Å². The van der Waals surface area contributed by atoms with Gasteiger partial charge in [0.15, 0.2) is 5.82 Å². The predicted molar refractivity (Wildman–Crippen MR) is 93.0 cm³/mol. The Kier molecular flexibility index (Phi) is 5.70. The van der Waals surface area contributed by atoms with E-state index in [1.807, 2.05) is 6.20 Å². The van der Waals surface area contributed by atoms with E-state index in [0.717, 1.165) is 44.2 Å². The van der Waals surface area contributed by atoms with Gasteiger partial charge in [-0.05, 0) is 51.6 Å². The van der Waals surface area contributed by atoms with Gasteiger partial charge in [0.2, 0.25) is 5.88 Å². The highest BCUT2D eigenvalue weighted by Crippen LogP contribution is 2.26. The lowest BCUT2D eigenvalue weighted by molar-refractivity contribution is 0.148. The summed E-state index contributed by atoms with van der Waals surface area (Å²) in [5, 5.41) is 0. The summed E-state index contributed by atoms with van der Waals surface area (Å²) in [4.78, 5) is 13.8. The third-order valence-corrected chi connectivity index (χ3v) is 5.16. The van der Waals surface area contributed by atoms with Gasteiger partial charge >= 0.3 is 0 Å². The van der Waals surface area contributed by atoms with Crippen molar-refractivity contribution in [2.45, 2.75) is 51.6 Å². The van der Waals surface area contributed by atoms with E-state index in [1.54, 1.807) is 6.20 Å². The van der Waals surface area contributed by atoms with Gasteiger partial charge in [0.1, 0.15) is 6.10 Å². The first kappa shape index (κ1) is 16.5. The van der Waals surface area contributed by atoms with Gasteiger partial charge in [0.25, 0.3) is 0 Å². The SMILES string of the molecule is CCN(C)CC1CCN(c2cncc(OC3CCCCC3)n2)C1. The van der Waals surface area contributed by atoms with Crippen LogP contribution >= 0.6 is 0 Å². The molecule has 1 aliphatic heterocycles. The van der Waals surface area contributed by atoms with Gasteiger partial charge in [-0.25, -0.2) is 0 Å². The summed E-state index contributed by atoms with van der Waals surface area (Å²) in [5.41, 5.74) is 0. The van der Waals surface area contributed by atoms with Gasteiger partial charge < -0.3 is 14.5 Å². The number of aromatic nitrogens is 2. The van der Waals surface area contributed by atoms with Crippen LogP contribution in [-0.2, 0) is 0 Å². The summed E-state index contributed by atoms with van der Waals surface area (Å²) in [6.07, 6.45) is 11.4. The number of hydrogen-bond donors (Lipinski definition) is 0. The molecule has 1 unspecified atom stereocenters. The van der Waals surface area contributed by atoms with E-state index in [9.17, 15) is 0 Å². The molecule has 1 aliphatic carbocycles. The summed E-state index contributed by atoms with van der Waals surface area (Å²) >= 11 is 0. The lowest BCUT2D eigenvalue weighted by Gasteiger charge is -2.23. The van der Waals surface area contributed by atoms with Gasteiger partial charge in [-0.15, -0.1) is 0 Å². The molecule has 0 spiro atoms. The second-order valence-corrected chi connectivity index (χ2v) is 7.05. The summed E-state index contributed by atoms with van der Waals surface area (Å²) < 4.78 is 6.06. The van der Waals surface area contributed by atoms with Crippen molar-refractivity contribution in [3.8, 4) is 5.88 Å². The Labute approximate surface area is 140 Å². The summed E-state index contributed by atoms with van der Waals surface area (Å²) in [5.74, 6) is 2.40. The normalized spacial score (nSPS) is 22.7. The predicted octanol–water partition coefficient (Wildman–Crippen LogP) is 2.97. The van der Waals surface area contributed by atoms with Gasteiger partial charge in [-0.1, -0.05) is 13.3 Å². The van der Waals surface area contributed by atoms with Gasteiger partial charge in [0, 0.05) is 19.6 Å². The molecule has 0 amide bonds. The fourth-order valence-electron chi connectivity index (χ4n) is 3.66. The standard InChI is InChI=1S/C18H30N4O/c1-3-21(2)13-15-9-10-22(14-15)17-11-19-12-18(20-17)23-16-7-5-4-6-8-16/h11-12,15-16H,3-10,13-14H2,1-2H3. The zero-order valence-electron chi connectivity index (χ0n) is 14.6. The van der Waals surface area contributed by atoms with Crippen LogP contribution in [0.4, 0.5) is 5.82 Å². The van der Waals surface area contributed by atoms with Crippen LogP contribution in [0.5, 0.6) is 5.88 Å². The number of ether oxygens (including phenoxy) is 1. The van der Waals surface area contributed by atoms with E-state index in [0.29, 0.717) is 12.0 Å². The van der Waals surface area contributed by atoms with Crippen molar-refractivity contribution in [1.82, 2.24) is 14.9 Å². The third kappa shape index (κ3) is 4.56. The Morgan fingerprint density at radius 1 is 1.22 bits per heavy atom. The molecule has 3 rings (SSSR count). The molecule has 1 atom stereocenters. The zero-order chi connectivity index (χ0) is 16.1. The molecule has 0 bridgehead atoms. The average Bonchev–Trinajstić information content (AvgIpc) is 3.04. The average molecular weight is 318 g/mol. The quantitative estimate of drug-likeness (QED) is 0.806. The number of rotatable bonds is 6. The fraction of sp³-hybridized carbons (Fsp3) is 0.778. The highest BCUT2D eigenvalue weighted by Gasteiger charge is 2.25. The smallest absolute Gasteiger partial charge is 0.234 e. The molecule has 1 saturated carbocycles. The van der Waals surface area contributed by atoms with Crippen LogP contribution in [-0.4, -0.2) is 54.2 Å². The second-order valence-electron chi connectivity index (χ2n) is 7.05. The number of anilines is 1. The monoisotopic (exact) mass is 318 g/mol. The van der Waals surface area contributed by atoms with E-state index in [1.165, 1.54) is 32.2 Å². The maximum absolute atomic E-state index is 6.06. The van der Waals surface area contributed by atoms with Crippen molar-refractivity contribution >= 4 is 5.82 Å². The lowest BCUT2D eigenvalue weighted by Crippen LogP contribution is -2.28. The number of nitrogens with zero attached hydrogens (tertiary/aromatic N) is 4. The molecule has 128 valence electrons. The highest BCUT2D eigenvalue weighted by molar-refractivity contribution is 5.39. The van der Waals surface area contributed by atoms with Crippen LogP contribution in [0.15, 0.2) is 12.4 Å². The minimum Gasteiger partial charge on any atom is -0.473 e. The van der Waals surface area contributed by atoms with Crippen molar-refractivity contribution in [2.75, 3.05) is 38.1 Å². The van der Waals surface area contributed by atoms with Crippen LogP contribution in [0, 0.1) is 5.92 Å². The molecule has 1 saturated heterocycles. The molecule has 23 heavy (non-hydrogen) atoms. The van der Waals surface area contributed by atoms with E-state index in [-0.39, 0.29) is 0 Å². The van der Waals surface area contributed by atoms with Gasteiger partial charge in [0.05, 0.1) is 12.4 Å². The fourth-order valence-corrected chi connectivity index (χ4v) is 3.66. The highest BCUT2D eigenvalue weighted by atomic mass is 16.5. The molecule has 5 heteroatoms. The van der Waals surface area contributed by atoms with Crippen molar-refractivity contribution in [3.05, 3.63) is 12.4 Å². The molecule has 2 aliphatic rings. The van der Waals surface area contributed by atoms with E-state index in [2.05, 4.69) is 28.8 Å². The molecule has 2 fully saturated rings. The van der Waals surface area contributed by atoms with Crippen molar-refractivity contribution in [3.63, 3.8) is 0 Å². The topological polar surface area (TPSA) is 41.5 Å². The Balaban J connectivity index is 1.57. The first-order valence-electron chi connectivity index (χ1n) is 9.16. The molecule has 0 radical (unpaired) electrons. The molecular weight excluding hydrogens is 288 g/mol. The Morgan fingerprint density at radius 2 is 2.04 bits per heavy atom. The van der Waals surface area contributed by atoms with Crippen LogP contribution < -0.4 is 9.64 Å². The van der Waals surface area contributed by atoms with Crippen LogP contribution in [0.25, 0.3) is 0 Å². The number of hydrogen-bond acceptors (Lipinski definition) is 5. The van der Waals surface area contributed by atoms with E-state index in [4.69, 9.17) is 9.72 Å². The third-order valence-electron chi connectivity index (χ3n) is 5.16. The zero-order valence-corrected chi connectivity index (χ0v) is 14.6. The molecule has 2 heterocycles. The van der Waals surface area contributed by atoms with Gasteiger partial charge in [-0.2, -0.15) is 4.98 Å². The minimum absolute atomic E-state index is 0.331. The Hall–Kier alpha value is -1.36. The van der Waals surface area contributed by atoms with E-state index >= 15 is 0 Å². The summed E-state index contributed by atoms with van der Waals surface area (Å²) in [7, 11) is 2.20. The lowest BCUT2D eigenvalue weighted by atomic mass is 9.98. The summed E-state index contributed by atoms with van der Waals surface area (Å²) in [6.45, 7) is 6.64. The van der Waals surface area contributed by atoms with Crippen molar-refractivity contribution in [1.29, 1.82) is 0 Å². The minimum atomic E-state index is 0.331. The molecule has 0 N–H and O–H groups in total. The first-order valence-corrected chi connectivity index (χ1v) is 9.16.